The van der Waals surface area contributed by atoms with E-state index in [4.69, 9.17) is 16.3 Å². The maximum atomic E-state index is 11.4. The first-order valence-electron chi connectivity index (χ1n) is 5.02. The summed E-state index contributed by atoms with van der Waals surface area (Å²) in [6.45, 7) is 1.41. The molecule has 0 N–H and O–H groups in total. The fraction of sp³-hybridized carbons (Fsp3) is 0.500. The van der Waals surface area contributed by atoms with Gasteiger partial charge < -0.3 is 9.64 Å². The first kappa shape index (κ1) is 11.1. The molecule has 16 heavy (non-hydrogen) atoms. The normalized spacial score (nSPS) is 19.9. The summed E-state index contributed by atoms with van der Waals surface area (Å²) in [6.07, 6.45) is 2.39. The molecule has 1 aliphatic rings. The largest absolute Gasteiger partial charge is 0.469 e. The Balaban J connectivity index is 2.06. The molecule has 1 saturated heterocycles. The van der Waals surface area contributed by atoms with Gasteiger partial charge in [-0.1, -0.05) is 0 Å². The quantitative estimate of drug-likeness (QED) is 0.574. The van der Waals surface area contributed by atoms with Crippen molar-refractivity contribution in [3.05, 3.63) is 17.5 Å². The van der Waals surface area contributed by atoms with Gasteiger partial charge in [-0.05, 0) is 24.1 Å². The van der Waals surface area contributed by atoms with Crippen molar-refractivity contribution in [3.8, 4) is 0 Å². The number of rotatable bonds is 2. The summed E-state index contributed by atoms with van der Waals surface area (Å²) >= 11 is 5.71. The van der Waals surface area contributed by atoms with Crippen molar-refractivity contribution in [2.24, 2.45) is 5.92 Å². The highest BCUT2D eigenvalue weighted by molar-refractivity contribution is 6.28. The lowest BCUT2D eigenvalue weighted by Crippen LogP contribution is -2.24. The molecule has 6 heteroatoms. The third-order valence-corrected chi connectivity index (χ3v) is 2.84. The average molecular weight is 242 g/mol. The predicted molar refractivity (Wildman–Crippen MR) is 59.4 cm³/mol. The lowest BCUT2D eigenvalue weighted by molar-refractivity contribution is -0.144. The van der Waals surface area contributed by atoms with Crippen LogP contribution in [0.25, 0.3) is 0 Å². The molecular weight excluding hydrogens is 230 g/mol. The van der Waals surface area contributed by atoms with Crippen molar-refractivity contribution in [1.82, 2.24) is 9.97 Å². The van der Waals surface area contributed by atoms with E-state index in [1.807, 2.05) is 4.90 Å². The van der Waals surface area contributed by atoms with Crippen LogP contribution in [0.4, 0.5) is 5.82 Å². The van der Waals surface area contributed by atoms with E-state index in [1.165, 1.54) is 7.11 Å². The minimum Gasteiger partial charge on any atom is -0.469 e. The number of carbonyl (C=O) groups excluding carboxylic acids is 1. The number of esters is 1. The van der Waals surface area contributed by atoms with E-state index in [1.54, 1.807) is 12.3 Å². The maximum Gasteiger partial charge on any atom is 0.310 e. The van der Waals surface area contributed by atoms with E-state index in [9.17, 15) is 4.79 Å². The van der Waals surface area contributed by atoms with Gasteiger partial charge in [0.2, 0.25) is 5.28 Å². The molecule has 5 nitrogen and oxygen atoms in total. The maximum absolute atomic E-state index is 11.4. The highest BCUT2D eigenvalue weighted by Gasteiger charge is 2.29. The second-order valence-corrected chi connectivity index (χ2v) is 3.98. The molecule has 0 spiro atoms. The van der Waals surface area contributed by atoms with Gasteiger partial charge >= 0.3 is 5.97 Å². The van der Waals surface area contributed by atoms with E-state index >= 15 is 0 Å². The molecular formula is C10H12ClN3O2. The summed E-state index contributed by atoms with van der Waals surface area (Å²) in [5, 5.41) is 0.221. The van der Waals surface area contributed by atoms with Gasteiger partial charge in [0.15, 0.2) is 0 Å². The van der Waals surface area contributed by atoms with Crippen LogP contribution >= 0.6 is 11.6 Å². The number of ether oxygens (including phenoxy) is 1. The Morgan fingerprint density at radius 1 is 1.69 bits per heavy atom. The van der Waals surface area contributed by atoms with Crippen molar-refractivity contribution < 1.29 is 9.53 Å². The average Bonchev–Trinajstić information content (AvgIpc) is 2.77. The van der Waals surface area contributed by atoms with E-state index in [2.05, 4.69) is 9.97 Å². The summed E-state index contributed by atoms with van der Waals surface area (Å²) in [6, 6.07) is 1.78. The topological polar surface area (TPSA) is 55.3 Å². The second-order valence-electron chi connectivity index (χ2n) is 3.64. The molecule has 2 rings (SSSR count). The smallest absolute Gasteiger partial charge is 0.310 e. The number of hydrogen-bond donors (Lipinski definition) is 0. The Labute approximate surface area is 98.4 Å². The lowest BCUT2D eigenvalue weighted by Gasteiger charge is -2.16. The van der Waals surface area contributed by atoms with Crippen LogP contribution in [0.1, 0.15) is 6.42 Å². The molecule has 0 amide bonds. The molecule has 86 valence electrons. The number of carbonyl (C=O) groups is 1. The Morgan fingerprint density at radius 3 is 3.19 bits per heavy atom. The van der Waals surface area contributed by atoms with Gasteiger partial charge in [-0.2, -0.15) is 0 Å². The zero-order valence-electron chi connectivity index (χ0n) is 8.89. The zero-order chi connectivity index (χ0) is 11.5. The van der Waals surface area contributed by atoms with Crippen LogP contribution in [0, 0.1) is 5.92 Å². The Hall–Kier alpha value is -1.36. The number of halogens is 1. The van der Waals surface area contributed by atoms with Crippen LogP contribution in [0.3, 0.4) is 0 Å². The second kappa shape index (κ2) is 4.65. The van der Waals surface area contributed by atoms with Gasteiger partial charge in [0.1, 0.15) is 5.82 Å². The Morgan fingerprint density at radius 2 is 2.50 bits per heavy atom. The molecule has 1 aromatic heterocycles. The molecule has 0 bridgehead atoms. The highest BCUT2D eigenvalue weighted by Crippen LogP contribution is 2.23. The fourth-order valence-electron chi connectivity index (χ4n) is 1.83. The van der Waals surface area contributed by atoms with Crippen molar-refractivity contribution in [2.45, 2.75) is 6.42 Å². The Kier molecular flexibility index (Phi) is 3.24. The lowest BCUT2D eigenvalue weighted by atomic mass is 10.1. The van der Waals surface area contributed by atoms with E-state index in [0.717, 1.165) is 18.8 Å². The molecule has 0 saturated carbocycles. The fourth-order valence-corrected chi connectivity index (χ4v) is 1.97. The van der Waals surface area contributed by atoms with Crippen LogP contribution < -0.4 is 4.90 Å². The molecule has 0 aromatic carbocycles. The minimum absolute atomic E-state index is 0.0706. The van der Waals surface area contributed by atoms with Crippen molar-refractivity contribution in [1.29, 1.82) is 0 Å². The molecule has 1 aliphatic heterocycles. The van der Waals surface area contributed by atoms with E-state index < -0.39 is 0 Å². The van der Waals surface area contributed by atoms with Crippen LogP contribution in [0.15, 0.2) is 12.3 Å². The predicted octanol–water partition coefficient (Wildman–Crippen LogP) is 1.13. The monoisotopic (exact) mass is 241 g/mol. The molecule has 0 radical (unpaired) electrons. The number of anilines is 1. The SMILES string of the molecule is COC(=O)[C@@H]1CCN(c2ccnc(Cl)n2)C1. The van der Waals surface area contributed by atoms with Gasteiger partial charge in [0.25, 0.3) is 0 Å². The number of methoxy groups -OCH3 is 1. The first-order chi connectivity index (χ1) is 7.70. The van der Waals surface area contributed by atoms with Gasteiger partial charge in [-0.25, -0.2) is 9.97 Å². The van der Waals surface area contributed by atoms with Gasteiger partial charge in [-0.3, -0.25) is 4.79 Å². The zero-order valence-corrected chi connectivity index (χ0v) is 9.65. The van der Waals surface area contributed by atoms with Crippen molar-refractivity contribution in [2.75, 3.05) is 25.1 Å². The van der Waals surface area contributed by atoms with Crippen molar-refractivity contribution >= 4 is 23.4 Å². The third kappa shape index (κ3) is 2.24. The highest BCUT2D eigenvalue weighted by atomic mass is 35.5. The number of hydrogen-bond acceptors (Lipinski definition) is 5. The minimum atomic E-state index is -0.164. The summed E-state index contributed by atoms with van der Waals surface area (Å²) in [5.41, 5.74) is 0. The Bertz CT molecular complexity index is 399. The summed E-state index contributed by atoms with van der Waals surface area (Å²) in [7, 11) is 1.41. The number of nitrogens with zero attached hydrogens (tertiary/aromatic N) is 3. The van der Waals surface area contributed by atoms with E-state index in [-0.39, 0.29) is 17.2 Å². The third-order valence-electron chi connectivity index (χ3n) is 2.66. The van der Waals surface area contributed by atoms with Gasteiger partial charge in [0, 0.05) is 19.3 Å². The first-order valence-corrected chi connectivity index (χ1v) is 5.40. The standard InChI is InChI=1S/C10H12ClN3O2/c1-16-9(15)7-3-5-14(6-7)8-2-4-12-10(11)13-8/h2,4,7H,3,5-6H2,1H3/t7-/m1/s1. The molecule has 0 aliphatic carbocycles. The van der Waals surface area contributed by atoms with Crippen molar-refractivity contribution in [3.63, 3.8) is 0 Å². The molecule has 2 heterocycles. The molecule has 1 atom stereocenters. The van der Waals surface area contributed by atoms with E-state index in [0.29, 0.717) is 6.54 Å². The van der Waals surface area contributed by atoms with Crippen LogP contribution in [0.5, 0.6) is 0 Å². The van der Waals surface area contributed by atoms with Crippen LogP contribution in [0.2, 0.25) is 5.28 Å². The molecule has 1 fully saturated rings. The summed E-state index contributed by atoms with van der Waals surface area (Å²) in [4.78, 5) is 21.3. The van der Waals surface area contributed by atoms with Crippen LogP contribution in [-0.4, -0.2) is 36.1 Å². The summed E-state index contributed by atoms with van der Waals surface area (Å²) in [5.74, 6) is 0.521. The molecule has 0 unspecified atom stereocenters. The van der Waals surface area contributed by atoms with Gasteiger partial charge in [0.05, 0.1) is 13.0 Å². The summed E-state index contributed by atoms with van der Waals surface area (Å²) < 4.78 is 4.72. The van der Waals surface area contributed by atoms with Gasteiger partial charge in [-0.15, -0.1) is 0 Å². The number of aromatic nitrogens is 2. The molecule has 1 aromatic rings. The van der Waals surface area contributed by atoms with Crippen LogP contribution in [-0.2, 0) is 9.53 Å².